The number of likely N-dealkylation sites (N-methyl/N-ethyl adjacent to an activating group) is 1. The maximum atomic E-state index is 11.0. The van der Waals surface area contributed by atoms with Crippen LogP contribution in [0, 0.1) is 0 Å². The number of rotatable bonds is 3. The molecule has 0 radical (unpaired) electrons. The summed E-state index contributed by atoms with van der Waals surface area (Å²) in [7, 11) is 0. The highest BCUT2D eigenvalue weighted by atomic mass is 35.5. The van der Waals surface area contributed by atoms with Crippen LogP contribution in [-0.2, 0) is 4.79 Å². The Morgan fingerprint density at radius 2 is 1.87 bits per heavy atom. The summed E-state index contributed by atoms with van der Waals surface area (Å²) in [6.45, 7) is 4.23. The van der Waals surface area contributed by atoms with Crippen molar-refractivity contribution in [2.24, 2.45) is 0 Å². The number of halogens is 2. The van der Waals surface area contributed by atoms with Gasteiger partial charge >= 0.3 is 5.97 Å². The van der Waals surface area contributed by atoms with Gasteiger partial charge in [0.1, 0.15) is 5.54 Å². The Bertz CT molecular complexity index is 170. The molecule has 1 aliphatic rings. The molecule has 15 heavy (non-hydrogen) atoms. The fourth-order valence-corrected chi connectivity index (χ4v) is 1.66. The first-order valence-electron chi connectivity index (χ1n) is 4.40. The van der Waals surface area contributed by atoms with Crippen molar-refractivity contribution in [3.63, 3.8) is 0 Å². The summed E-state index contributed by atoms with van der Waals surface area (Å²) in [6.07, 6.45) is 1.35. The van der Waals surface area contributed by atoms with E-state index in [2.05, 4.69) is 10.6 Å². The van der Waals surface area contributed by atoms with Crippen molar-refractivity contribution in [1.29, 1.82) is 0 Å². The summed E-state index contributed by atoms with van der Waals surface area (Å²) in [5, 5.41) is 15.2. The van der Waals surface area contributed by atoms with E-state index in [1.165, 1.54) is 0 Å². The molecule has 0 amide bonds. The van der Waals surface area contributed by atoms with Gasteiger partial charge in [0, 0.05) is 0 Å². The first-order valence-corrected chi connectivity index (χ1v) is 4.40. The van der Waals surface area contributed by atoms with Gasteiger partial charge in [-0.1, -0.05) is 6.92 Å². The summed E-state index contributed by atoms with van der Waals surface area (Å²) in [5.74, 6) is -0.717. The lowest BCUT2D eigenvalue weighted by molar-refractivity contribution is -0.146. The molecular formula is C8H20Cl2N2O3. The molecule has 1 heterocycles. The smallest absolute Gasteiger partial charge is 0.323 e. The van der Waals surface area contributed by atoms with Crippen LogP contribution in [0.5, 0.6) is 0 Å². The second kappa shape index (κ2) is 9.18. The van der Waals surface area contributed by atoms with Crippen LogP contribution < -0.4 is 10.6 Å². The van der Waals surface area contributed by atoms with Crippen molar-refractivity contribution in [3.05, 3.63) is 0 Å². The van der Waals surface area contributed by atoms with Crippen molar-refractivity contribution >= 4 is 30.8 Å². The van der Waals surface area contributed by atoms with Crippen LogP contribution in [-0.4, -0.2) is 41.7 Å². The molecule has 0 saturated carbocycles. The number of hydrogen-bond acceptors (Lipinski definition) is 3. The minimum Gasteiger partial charge on any atom is -0.480 e. The molecule has 94 valence electrons. The zero-order chi connectivity index (χ0) is 9.03. The van der Waals surface area contributed by atoms with E-state index in [1.807, 2.05) is 6.92 Å². The maximum Gasteiger partial charge on any atom is 0.323 e. The Morgan fingerprint density at radius 3 is 2.20 bits per heavy atom. The summed E-state index contributed by atoms with van der Waals surface area (Å²) in [6, 6.07) is 0. The van der Waals surface area contributed by atoms with Gasteiger partial charge in [0.15, 0.2) is 0 Å². The molecule has 0 aromatic heterocycles. The third kappa shape index (κ3) is 4.99. The average molecular weight is 263 g/mol. The fourth-order valence-electron chi connectivity index (χ4n) is 1.66. The van der Waals surface area contributed by atoms with E-state index in [0.29, 0.717) is 19.4 Å². The Hall–Kier alpha value is -0.0700. The first-order chi connectivity index (χ1) is 5.71. The molecule has 7 heteroatoms. The molecule has 0 aliphatic carbocycles. The number of aliphatic carboxylic acids is 1. The lowest BCUT2D eigenvalue weighted by Gasteiger charge is -2.34. The Morgan fingerprint density at radius 1 is 1.40 bits per heavy atom. The van der Waals surface area contributed by atoms with Gasteiger partial charge in [-0.05, 0) is 32.5 Å². The molecule has 5 nitrogen and oxygen atoms in total. The van der Waals surface area contributed by atoms with E-state index in [9.17, 15) is 4.79 Å². The fraction of sp³-hybridized carbons (Fsp3) is 0.875. The minimum atomic E-state index is -0.717. The average Bonchev–Trinajstić information content (AvgIpc) is 2.06. The van der Waals surface area contributed by atoms with Gasteiger partial charge in [-0.15, -0.1) is 24.8 Å². The topological polar surface area (TPSA) is 92.9 Å². The molecule has 0 bridgehead atoms. The van der Waals surface area contributed by atoms with Crippen molar-refractivity contribution in [1.82, 2.24) is 10.6 Å². The molecule has 1 fully saturated rings. The summed E-state index contributed by atoms with van der Waals surface area (Å²) in [5.41, 5.74) is -0.667. The summed E-state index contributed by atoms with van der Waals surface area (Å²) in [4.78, 5) is 11.0. The number of hydrogen-bond donors (Lipinski definition) is 3. The minimum absolute atomic E-state index is 0. The maximum absolute atomic E-state index is 11.0. The standard InChI is InChI=1S/C8H16N2O2.2ClH.H2O/c1-2-10-8(7(11)12)3-5-9-6-4-8;;;/h9-10H,2-6H2,1H3,(H,11,12);2*1H;1H2. The highest BCUT2D eigenvalue weighted by molar-refractivity contribution is 5.85. The van der Waals surface area contributed by atoms with Gasteiger partial charge in [0.25, 0.3) is 0 Å². The zero-order valence-corrected chi connectivity index (χ0v) is 10.3. The van der Waals surface area contributed by atoms with Gasteiger partial charge in [0.05, 0.1) is 0 Å². The normalized spacial score (nSPS) is 17.7. The van der Waals surface area contributed by atoms with E-state index in [-0.39, 0.29) is 30.3 Å². The Labute approximate surface area is 102 Å². The van der Waals surface area contributed by atoms with Crippen LogP contribution in [0.2, 0.25) is 0 Å². The summed E-state index contributed by atoms with van der Waals surface area (Å²) < 4.78 is 0. The number of nitrogens with one attached hydrogen (secondary N) is 2. The number of carboxylic acids is 1. The predicted molar refractivity (Wildman–Crippen MR) is 64.3 cm³/mol. The highest BCUT2D eigenvalue weighted by Gasteiger charge is 2.38. The molecule has 0 aromatic rings. The summed E-state index contributed by atoms with van der Waals surface area (Å²) >= 11 is 0. The lowest BCUT2D eigenvalue weighted by atomic mass is 9.88. The van der Waals surface area contributed by atoms with Crippen molar-refractivity contribution < 1.29 is 15.4 Å². The predicted octanol–water partition coefficient (Wildman–Crippen LogP) is -0.178. The molecule has 0 aromatic carbocycles. The molecular weight excluding hydrogens is 243 g/mol. The Balaban J connectivity index is -0.000000480. The monoisotopic (exact) mass is 262 g/mol. The van der Waals surface area contributed by atoms with Crippen LogP contribution in [0.1, 0.15) is 19.8 Å². The van der Waals surface area contributed by atoms with Gasteiger partial charge in [-0.3, -0.25) is 4.79 Å². The molecule has 0 spiro atoms. The third-order valence-corrected chi connectivity index (χ3v) is 2.38. The van der Waals surface area contributed by atoms with Crippen LogP contribution >= 0.6 is 24.8 Å². The quantitative estimate of drug-likeness (QED) is 0.658. The number of carboxylic acid groups (broad SMARTS) is 1. The van der Waals surface area contributed by atoms with Gasteiger partial charge < -0.3 is 21.2 Å². The van der Waals surface area contributed by atoms with Gasteiger partial charge in [-0.25, -0.2) is 0 Å². The van der Waals surface area contributed by atoms with Crippen molar-refractivity contribution in [3.8, 4) is 0 Å². The van der Waals surface area contributed by atoms with E-state index >= 15 is 0 Å². The van der Waals surface area contributed by atoms with Crippen LogP contribution in [0.3, 0.4) is 0 Å². The second-order valence-electron chi connectivity index (χ2n) is 3.17. The SMILES string of the molecule is CCNC1(C(=O)O)CCNCC1.Cl.Cl.O. The number of carbonyl (C=O) groups is 1. The van der Waals surface area contributed by atoms with E-state index in [1.54, 1.807) is 0 Å². The molecule has 0 unspecified atom stereocenters. The highest BCUT2D eigenvalue weighted by Crippen LogP contribution is 2.17. The Kier molecular flexibility index (Phi) is 12.5. The molecule has 1 rings (SSSR count). The molecule has 1 saturated heterocycles. The second-order valence-corrected chi connectivity index (χ2v) is 3.17. The van der Waals surface area contributed by atoms with Crippen molar-refractivity contribution in [2.45, 2.75) is 25.3 Å². The van der Waals surface area contributed by atoms with Gasteiger partial charge in [0.2, 0.25) is 0 Å². The molecule has 0 atom stereocenters. The zero-order valence-electron chi connectivity index (χ0n) is 8.71. The van der Waals surface area contributed by atoms with E-state index < -0.39 is 11.5 Å². The van der Waals surface area contributed by atoms with Crippen LogP contribution in [0.15, 0.2) is 0 Å². The third-order valence-electron chi connectivity index (χ3n) is 2.38. The van der Waals surface area contributed by atoms with Crippen LogP contribution in [0.4, 0.5) is 0 Å². The largest absolute Gasteiger partial charge is 0.480 e. The van der Waals surface area contributed by atoms with E-state index in [0.717, 1.165) is 13.1 Å². The van der Waals surface area contributed by atoms with Crippen molar-refractivity contribution in [2.75, 3.05) is 19.6 Å². The number of piperidine rings is 1. The first kappa shape index (κ1) is 20.4. The molecule has 5 N–H and O–H groups in total. The molecule has 1 aliphatic heterocycles. The lowest BCUT2D eigenvalue weighted by Crippen LogP contribution is -2.57. The van der Waals surface area contributed by atoms with Gasteiger partial charge in [-0.2, -0.15) is 0 Å². The van der Waals surface area contributed by atoms with E-state index in [4.69, 9.17) is 5.11 Å². The van der Waals surface area contributed by atoms with Crippen LogP contribution in [0.25, 0.3) is 0 Å².